The molecule has 0 radical (unpaired) electrons. The van der Waals surface area contributed by atoms with Crippen LogP contribution in [0.3, 0.4) is 0 Å². The second-order valence-electron chi connectivity index (χ2n) is 8.04. The minimum atomic E-state index is -0.452. The second-order valence-corrected chi connectivity index (χ2v) is 8.45. The first kappa shape index (κ1) is 22.0. The van der Waals surface area contributed by atoms with E-state index in [4.69, 9.17) is 11.6 Å². The Labute approximate surface area is 157 Å². The van der Waals surface area contributed by atoms with E-state index in [1.165, 1.54) is 6.07 Å². The van der Waals surface area contributed by atoms with Gasteiger partial charge in [-0.1, -0.05) is 71.9 Å². The Morgan fingerprint density at radius 1 is 1.16 bits per heavy atom. The molecule has 0 aromatic heterocycles. The Kier molecular flexibility index (Phi) is 8.92. The number of anilines is 1. The lowest BCUT2D eigenvalue weighted by molar-refractivity contribution is -0.120. The van der Waals surface area contributed by atoms with Gasteiger partial charge in [0, 0.05) is 18.2 Å². The van der Waals surface area contributed by atoms with E-state index >= 15 is 0 Å². The molecule has 0 N–H and O–H groups in total. The number of hydrogen-bond acceptors (Lipinski definition) is 1. The molecule has 4 heteroatoms. The zero-order chi connectivity index (χ0) is 19.0. The summed E-state index contributed by atoms with van der Waals surface area (Å²) in [6.45, 7) is 10.5. The van der Waals surface area contributed by atoms with Gasteiger partial charge < -0.3 is 4.90 Å². The molecule has 0 saturated carbocycles. The number of halogens is 2. The van der Waals surface area contributed by atoms with Crippen LogP contribution >= 0.6 is 11.6 Å². The van der Waals surface area contributed by atoms with Crippen molar-refractivity contribution in [1.82, 2.24) is 0 Å². The van der Waals surface area contributed by atoms with Gasteiger partial charge >= 0.3 is 0 Å². The predicted octanol–water partition coefficient (Wildman–Crippen LogP) is 7.00. The van der Waals surface area contributed by atoms with Crippen molar-refractivity contribution in [2.75, 3.05) is 4.90 Å². The molecular formula is C21H33ClFNO. The van der Waals surface area contributed by atoms with Crippen LogP contribution in [-0.2, 0) is 4.79 Å². The Morgan fingerprint density at radius 2 is 1.72 bits per heavy atom. The third kappa shape index (κ3) is 7.35. The fourth-order valence-electron chi connectivity index (χ4n) is 3.01. The van der Waals surface area contributed by atoms with E-state index in [0.29, 0.717) is 12.1 Å². The van der Waals surface area contributed by atoms with E-state index in [-0.39, 0.29) is 22.4 Å². The van der Waals surface area contributed by atoms with Gasteiger partial charge in [0.15, 0.2) is 0 Å². The Balaban J connectivity index is 3.21. The first-order valence-electron chi connectivity index (χ1n) is 9.46. The van der Waals surface area contributed by atoms with E-state index in [2.05, 4.69) is 34.6 Å². The summed E-state index contributed by atoms with van der Waals surface area (Å²) in [6.07, 6.45) is 6.70. The third-order valence-electron chi connectivity index (χ3n) is 4.28. The Morgan fingerprint density at radius 3 is 2.16 bits per heavy atom. The molecule has 0 heterocycles. The van der Waals surface area contributed by atoms with Gasteiger partial charge in [0.25, 0.3) is 0 Å². The molecule has 0 aliphatic carbocycles. The minimum Gasteiger partial charge on any atom is -0.309 e. The van der Waals surface area contributed by atoms with Crippen LogP contribution in [0.15, 0.2) is 18.2 Å². The quantitative estimate of drug-likeness (QED) is 0.459. The number of unbranched alkanes of at least 4 members (excludes halogenated alkanes) is 2. The molecule has 0 atom stereocenters. The maximum absolute atomic E-state index is 13.6. The highest BCUT2D eigenvalue weighted by atomic mass is 35.5. The summed E-state index contributed by atoms with van der Waals surface area (Å²) < 4.78 is 13.6. The molecule has 0 fully saturated rings. The number of carbonyl (C=O) groups is 1. The van der Waals surface area contributed by atoms with E-state index in [1.807, 2.05) is 4.90 Å². The molecule has 0 unspecified atom stereocenters. The van der Waals surface area contributed by atoms with Crippen molar-refractivity contribution in [3.05, 3.63) is 29.0 Å². The smallest absolute Gasteiger partial charge is 0.227 e. The number of nitrogens with zero attached hydrogens (tertiary/aromatic N) is 1. The lowest BCUT2D eigenvalue weighted by Crippen LogP contribution is -2.42. The zero-order valence-corrected chi connectivity index (χ0v) is 17.1. The van der Waals surface area contributed by atoms with Crippen molar-refractivity contribution in [3.63, 3.8) is 0 Å². The summed E-state index contributed by atoms with van der Waals surface area (Å²) in [6, 6.07) is 4.75. The van der Waals surface area contributed by atoms with Gasteiger partial charge in [-0.15, -0.1) is 0 Å². The average molecular weight is 370 g/mol. The Hall–Kier alpha value is -1.09. The molecule has 1 aromatic carbocycles. The van der Waals surface area contributed by atoms with Crippen LogP contribution < -0.4 is 4.90 Å². The molecule has 0 aliphatic rings. The fourth-order valence-corrected chi connectivity index (χ4v) is 3.19. The molecule has 1 amide bonds. The van der Waals surface area contributed by atoms with E-state index in [0.717, 1.165) is 38.5 Å². The molecule has 1 rings (SSSR count). The molecule has 2 nitrogen and oxygen atoms in total. The van der Waals surface area contributed by atoms with Crippen LogP contribution in [-0.4, -0.2) is 11.9 Å². The van der Waals surface area contributed by atoms with Crippen molar-refractivity contribution in [1.29, 1.82) is 0 Å². The number of hydrogen-bond donors (Lipinski definition) is 0. The van der Waals surface area contributed by atoms with Crippen molar-refractivity contribution >= 4 is 23.2 Å². The van der Waals surface area contributed by atoms with Crippen molar-refractivity contribution < 1.29 is 9.18 Å². The van der Waals surface area contributed by atoms with Gasteiger partial charge in [0.2, 0.25) is 5.91 Å². The van der Waals surface area contributed by atoms with Gasteiger partial charge in [-0.3, -0.25) is 4.79 Å². The normalized spacial score (nSPS) is 11.8. The first-order valence-corrected chi connectivity index (χ1v) is 9.84. The molecular weight excluding hydrogens is 337 g/mol. The number of amides is 1. The minimum absolute atomic E-state index is 0.0655. The summed E-state index contributed by atoms with van der Waals surface area (Å²) in [4.78, 5) is 15.0. The third-order valence-corrected chi connectivity index (χ3v) is 4.57. The highest BCUT2D eigenvalue weighted by Crippen LogP contribution is 2.30. The number of rotatable bonds is 9. The lowest BCUT2D eigenvalue weighted by Gasteiger charge is -2.34. The van der Waals surface area contributed by atoms with Gasteiger partial charge in [-0.25, -0.2) is 4.39 Å². The molecule has 0 spiro atoms. The summed E-state index contributed by atoms with van der Waals surface area (Å²) in [5.41, 5.74) is 0.608. The highest BCUT2D eigenvalue weighted by Gasteiger charge is 2.28. The Bertz CT molecular complexity index is 545. The van der Waals surface area contributed by atoms with Gasteiger partial charge in [0.05, 0.1) is 5.02 Å². The predicted molar refractivity (Wildman–Crippen MR) is 106 cm³/mol. The van der Waals surface area contributed by atoms with E-state index < -0.39 is 5.82 Å². The monoisotopic (exact) mass is 369 g/mol. The molecule has 25 heavy (non-hydrogen) atoms. The van der Waals surface area contributed by atoms with Crippen LogP contribution in [0.25, 0.3) is 0 Å². The lowest BCUT2D eigenvalue weighted by atomic mass is 9.90. The van der Waals surface area contributed by atoms with Crippen molar-refractivity contribution in [2.45, 2.75) is 85.6 Å². The van der Waals surface area contributed by atoms with Gasteiger partial charge in [-0.2, -0.15) is 0 Å². The number of benzene rings is 1. The second kappa shape index (κ2) is 10.2. The SMILES string of the molecule is CCCCC(CCCC)N(C(=O)CC(C)(C)C)c1ccc(F)c(Cl)c1. The van der Waals surface area contributed by atoms with Crippen molar-refractivity contribution in [2.24, 2.45) is 5.41 Å². The molecule has 0 saturated heterocycles. The summed E-state index contributed by atoms with van der Waals surface area (Å²) >= 11 is 6.00. The summed E-state index contributed by atoms with van der Waals surface area (Å²) in [7, 11) is 0. The fraction of sp³-hybridized carbons (Fsp3) is 0.667. The van der Waals surface area contributed by atoms with Crippen LogP contribution in [0.5, 0.6) is 0 Å². The standard InChI is InChI=1S/C21H33ClFNO/c1-6-8-10-16(11-9-7-2)24(20(25)15-21(3,4)5)17-12-13-19(23)18(22)14-17/h12-14,16H,6-11,15H2,1-5H3. The maximum Gasteiger partial charge on any atom is 0.227 e. The van der Waals surface area contributed by atoms with E-state index in [1.54, 1.807) is 12.1 Å². The maximum atomic E-state index is 13.6. The van der Waals surface area contributed by atoms with Crippen molar-refractivity contribution in [3.8, 4) is 0 Å². The molecule has 1 aromatic rings. The van der Waals surface area contributed by atoms with Gasteiger partial charge in [0.1, 0.15) is 5.82 Å². The summed E-state index contributed by atoms with van der Waals surface area (Å²) in [5.74, 6) is -0.361. The molecule has 0 bridgehead atoms. The highest BCUT2D eigenvalue weighted by molar-refractivity contribution is 6.31. The number of carbonyl (C=O) groups excluding carboxylic acids is 1. The molecule has 142 valence electrons. The first-order chi connectivity index (χ1) is 11.7. The van der Waals surface area contributed by atoms with Crippen LogP contribution in [0.1, 0.15) is 79.6 Å². The van der Waals surface area contributed by atoms with Crippen LogP contribution in [0.4, 0.5) is 10.1 Å². The van der Waals surface area contributed by atoms with Crippen LogP contribution in [0.2, 0.25) is 5.02 Å². The zero-order valence-electron chi connectivity index (χ0n) is 16.4. The summed E-state index contributed by atoms with van der Waals surface area (Å²) in [5, 5.41) is 0.0655. The average Bonchev–Trinajstić information content (AvgIpc) is 2.51. The van der Waals surface area contributed by atoms with Gasteiger partial charge in [-0.05, 0) is 36.5 Å². The largest absolute Gasteiger partial charge is 0.309 e. The van der Waals surface area contributed by atoms with E-state index in [9.17, 15) is 9.18 Å². The topological polar surface area (TPSA) is 20.3 Å². The molecule has 0 aliphatic heterocycles. The van der Waals surface area contributed by atoms with Crippen LogP contribution in [0, 0.1) is 11.2 Å².